The molecule has 0 amide bonds. The second kappa shape index (κ2) is 5.74. The van der Waals surface area contributed by atoms with Crippen molar-refractivity contribution in [2.24, 2.45) is 0 Å². The summed E-state index contributed by atoms with van der Waals surface area (Å²) in [4.78, 5) is 11.3. The zero-order valence-corrected chi connectivity index (χ0v) is 12.3. The van der Waals surface area contributed by atoms with Crippen molar-refractivity contribution in [3.8, 4) is 5.75 Å². The van der Waals surface area contributed by atoms with Crippen LogP contribution in [0.3, 0.4) is 0 Å². The van der Waals surface area contributed by atoms with E-state index in [-0.39, 0.29) is 19.9 Å². The van der Waals surface area contributed by atoms with Gasteiger partial charge in [0.1, 0.15) is 11.6 Å². The summed E-state index contributed by atoms with van der Waals surface area (Å²) in [6.07, 6.45) is 0. The Hall–Kier alpha value is -1.35. The monoisotopic (exact) mass is 391 g/mol. The largest absolute Gasteiger partial charge is 0.508 e. The average Bonchev–Trinajstić information content (AvgIpc) is 2.36. The van der Waals surface area contributed by atoms with Crippen LogP contribution in [0.1, 0.15) is 0 Å². The van der Waals surface area contributed by atoms with E-state index in [1.807, 2.05) is 0 Å². The summed E-state index contributed by atoms with van der Waals surface area (Å²) in [5.41, 5.74) is -0.135. The molecule has 2 aromatic rings. The van der Waals surface area contributed by atoms with Crippen LogP contribution >= 0.6 is 34.4 Å². The molecule has 0 unspecified atom stereocenters. The first-order chi connectivity index (χ1) is 8.97. The molecule has 98 valence electrons. The van der Waals surface area contributed by atoms with Gasteiger partial charge in [-0.2, -0.15) is 0 Å². The second-order valence-electron chi connectivity index (χ2n) is 3.59. The van der Waals surface area contributed by atoms with E-state index in [4.69, 9.17) is 5.11 Å². The van der Waals surface area contributed by atoms with Gasteiger partial charge in [0, 0.05) is 11.0 Å². The Morgan fingerprint density at radius 1 is 1.26 bits per heavy atom. The van der Waals surface area contributed by atoms with Crippen LogP contribution in [0.5, 0.6) is 5.75 Å². The molecule has 0 heterocycles. The maximum Gasteiger partial charge on any atom is 0.284 e. The number of nitrogens with zero attached hydrogens (tertiary/aromatic N) is 1. The first-order valence-electron chi connectivity index (χ1n) is 5.07. The topological polar surface area (TPSA) is 63.4 Å². The highest BCUT2D eigenvalue weighted by Crippen LogP contribution is 2.37. The minimum Gasteiger partial charge on any atom is -0.508 e. The highest BCUT2D eigenvalue weighted by molar-refractivity contribution is 14.1. The number of hydrogen-bond donors (Lipinski definition) is 1. The van der Waals surface area contributed by atoms with E-state index in [1.165, 1.54) is 18.2 Å². The van der Waals surface area contributed by atoms with E-state index in [0.717, 1.165) is 17.8 Å². The van der Waals surface area contributed by atoms with Crippen molar-refractivity contribution in [2.75, 3.05) is 0 Å². The third kappa shape index (κ3) is 3.35. The summed E-state index contributed by atoms with van der Waals surface area (Å²) >= 11 is 2.79. The number of nitro benzene ring substituents is 1. The van der Waals surface area contributed by atoms with Gasteiger partial charge in [0.15, 0.2) is 0 Å². The normalized spacial score (nSPS) is 10.4. The Morgan fingerprint density at radius 2 is 1.89 bits per heavy atom. The van der Waals surface area contributed by atoms with E-state index in [9.17, 15) is 14.5 Å². The number of phenolic OH excluding ortho intramolecular Hbond substituents is 1. The molecule has 0 saturated heterocycles. The van der Waals surface area contributed by atoms with Crippen LogP contribution in [0.25, 0.3) is 0 Å². The number of halogens is 2. The van der Waals surface area contributed by atoms with Crippen molar-refractivity contribution in [1.29, 1.82) is 0 Å². The van der Waals surface area contributed by atoms with Gasteiger partial charge in [-0.05, 0) is 52.9 Å². The fourth-order valence-electron chi connectivity index (χ4n) is 1.38. The zero-order valence-electron chi connectivity index (χ0n) is 9.34. The van der Waals surface area contributed by atoms with Crippen LogP contribution in [0.4, 0.5) is 10.1 Å². The van der Waals surface area contributed by atoms with E-state index >= 15 is 0 Å². The molecule has 2 aromatic carbocycles. The first kappa shape index (κ1) is 14.1. The van der Waals surface area contributed by atoms with Gasteiger partial charge in [-0.25, -0.2) is 4.39 Å². The fraction of sp³-hybridized carbons (Fsp3) is 0. The maximum atomic E-state index is 13.5. The lowest BCUT2D eigenvalue weighted by molar-refractivity contribution is -0.387. The number of phenols is 1. The predicted molar refractivity (Wildman–Crippen MR) is 78.0 cm³/mol. The molecule has 2 rings (SSSR count). The third-order valence-electron chi connectivity index (χ3n) is 2.26. The highest BCUT2D eigenvalue weighted by Gasteiger charge is 2.18. The molecule has 0 radical (unpaired) electrons. The van der Waals surface area contributed by atoms with Gasteiger partial charge in [0.25, 0.3) is 5.69 Å². The highest BCUT2D eigenvalue weighted by atomic mass is 127. The van der Waals surface area contributed by atoms with Crippen molar-refractivity contribution in [2.45, 2.75) is 9.79 Å². The molecule has 0 atom stereocenters. The summed E-state index contributed by atoms with van der Waals surface area (Å²) in [6, 6.07) is 8.52. The number of rotatable bonds is 3. The van der Waals surface area contributed by atoms with Gasteiger partial charge >= 0.3 is 0 Å². The average molecular weight is 391 g/mol. The van der Waals surface area contributed by atoms with Crippen molar-refractivity contribution in [3.05, 3.63) is 55.9 Å². The molecule has 1 N–H and O–H groups in total. The summed E-state index contributed by atoms with van der Waals surface area (Å²) in [6.45, 7) is 0. The number of benzene rings is 2. The second-order valence-corrected chi connectivity index (χ2v) is 5.86. The summed E-state index contributed by atoms with van der Waals surface area (Å²) in [5, 5.41) is 20.1. The van der Waals surface area contributed by atoms with Crippen LogP contribution in [0.2, 0.25) is 0 Å². The molecule has 0 aliphatic carbocycles. The molecular weight excluding hydrogens is 384 g/mol. The predicted octanol–water partition coefficient (Wildman–Crippen LogP) is 4.20. The van der Waals surface area contributed by atoms with Crippen LogP contribution in [-0.2, 0) is 0 Å². The van der Waals surface area contributed by atoms with Gasteiger partial charge in [0.05, 0.1) is 13.4 Å². The van der Waals surface area contributed by atoms with Gasteiger partial charge in [0.2, 0.25) is 0 Å². The number of hydrogen-bond acceptors (Lipinski definition) is 4. The van der Waals surface area contributed by atoms with Crippen LogP contribution < -0.4 is 0 Å². The third-order valence-corrected chi connectivity index (χ3v) is 4.14. The van der Waals surface area contributed by atoms with Gasteiger partial charge in [-0.15, -0.1) is 0 Å². The molecule has 7 heteroatoms. The molecule has 19 heavy (non-hydrogen) atoms. The van der Waals surface area contributed by atoms with E-state index in [0.29, 0.717) is 4.90 Å². The lowest BCUT2D eigenvalue weighted by Gasteiger charge is -2.04. The van der Waals surface area contributed by atoms with Crippen molar-refractivity contribution in [1.82, 2.24) is 0 Å². The van der Waals surface area contributed by atoms with Crippen LogP contribution in [-0.4, -0.2) is 10.0 Å². The first-order valence-corrected chi connectivity index (χ1v) is 6.97. The molecule has 4 nitrogen and oxygen atoms in total. The standard InChI is InChI=1S/C12H7FINO3S/c13-9-5-12(11(15(17)18)6-10(9)14)19-8-3-1-7(16)2-4-8/h1-6,16H. The lowest BCUT2D eigenvalue weighted by Crippen LogP contribution is -1.94. The minimum absolute atomic E-state index is 0.104. The molecule has 0 aliphatic rings. The Bertz CT molecular complexity index is 634. The molecule has 0 saturated carbocycles. The van der Waals surface area contributed by atoms with Crippen molar-refractivity contribution < 1.29 is 14.4 Å². The lowest BCUT2D eigenvalue weighted by atomic mass is 10.3. The quantitative estimate of drug-likeness (QED) is 0.484. The molecule has 0 spiro atoms. The van der Waals surface area contributed by atoms with E-state index in [2.05, 4.69) is 0 Å². The molecule has 0 aliphatic heterocycles. The van der Waals surface area contributed by atoms with Crippen molar-refractivity contribution in [3.63, 3.8) is 0 Å². The Labute approximate surface area is 125 Å². The zero-order chi connectivity index (χ0) is 14.0. The minimum atomic E-state index is -0.537. The van der Waals surface area contributed by atoms with Crippen LogP contribution in [0.15, 0.2) is 46.2 Å². The summed E-state index contributed by atoms with van der Waals surface area (Å²) in [5.74, 6) is -0.389. The summed E-state index contributed by atoms with van der Waals surface area (Å²) in [7, 11) is 0. The van der Waals surface area contributed by atoms with E-state index < -0.39 is 10.7 Å². The smallest absolute Gasteiger partial charge is 0.284 e. The molecular formula is C12H7FINO3S. The molecule has 0 fully saturated rings. The van der Waals surface area contributed by atoms with Gasteiger partial charge < -0.3 is 5.11 Å². The van der Waals surface area contributed by atoms with Crippen molar-refractivity contribution >= 4 is 40.0 Å². The maximum absolute atomic E-state index is 13.5. The number of aromatic hydroxyl groups is 1. The molecule has 0 bridgehead atoms. The van der Waals surface area contributed by atoms with Gasteiger partial charge in [-0.1, -0.05) is 11.8 Å². The number of nitro groups is 1. The summed E-state index contributed by atoms with van der Waals surface area (Å²) < 4.78 is 13.7. The fourth-order valence-corrected chi connectivity index (χ4v) is 2.76. The molecule has 0 aromatic heterocycles. The SMILES string of the molecule is O=[N+]([O-])c1cc(I)c(F)cc1Sc1ccc(O)cc1. The van der Waals surface area contributed by atoms with Gasteiger partial charge in [-0.3, -0.25) is 10.1 Å². The Morgan fingerprint density at radius 3 is 2.47 bits per heavy atom. The Kier molecular flexibility index (Phi) is 4.25. The Balaban J connectivity index is 2.41. The van der Waals surface area contributed by atoms with Crippen LogP contribution in [0, 0.1) is 19.5 Å². The van der Waals surface area contributed by atoms with E-state index in [1.54, 1.807) is 34.7 Å².